The maximum absolute atomic E-state index is 5.40. The molecule has 2 heteroatoms. The minimum absolute atomic E-state index is 0.157. The monoisotopic (exact) mass is 169 g/mol. The van der Waals surface area contributed by atoms with E-state index in [0.29, 0.717) is 0 Å². The summed E-state index contributed by atoms with van der Waals surface area (Å²) in [5, 5.41) is 3.99. The summed E-state index contributed by atoms with van der Waals surface area (Å²) >= 11 is 0. The van der Waals surface area contributed by atoms with Crippen LogP contribution < -0.4 is 0 Å². The molecule has 0 radical (unpaired) electrons. The molecular formula is C10H19NO. The Balaban J connectivity index is 0.000000336. The fraction of sp³-hybridized carbons (Fsp3) is 0.900. The van der Waals surface area contributed by atoms with Gasteiger partial charge in [-0.25, -0.2) is 0 Å². The summed E-state index contributed by atoms with van der Waals surface area (Å²) in [4.78, 5) is 5.40. The predicted molar refractivity (Wildman–Crippen MR) is 51.4 cm³/mol. The Morgan fingerprint density at radius 1 is 1.25 bits per heavy atom. The van der Waals surface area contributed by atoms with Gasteiger partial charge in [0.2, 0.25) is 0 Å². The van der Waals surface area contributed by atoms with Crippen molar-refractivity contribution < 1.29 is 4.84 Å². The lowest BCUT2D eigenvalue weighted by Gasteiger charge is -2.18. The lowest BCUT2D eigenvalue weighted by molar-refractivity contribution is -0.0126. The normalized spacial score (nSPS) is 24.4. The molecule has 1 fully saturated rings. The van der Waals surface area contributed by atoms with Gasteiger partial charge in [-0.2, -0.15) is 0 Å². The molecule has 2 aliphatic rings. The second-order valence-electron chi connectivity index (χ2n) is 3.48. The van der Waals surface area contributed by atoms with Crippen molar-refractivity contribution in [2.24, 2.45) is 5.16 Å². The largest absolute Gasteiger partial charge is 0.389 e. The Morgan fingerprint density at radius 2 is 1.83 bits per heavy atom. The second-order valence-corrected chi connectivity index (χ2v) is 3.48. The van der Waals surface area contributed by atoms with Crippen LogP contribution in [0.1, 0.15) is 52.9 Å². The van der Waals surface area contributed by atoms with E-state index in [2.05, 4.69) is 5.16 Å². The molecule has 0 N–H and O–H groups in total. The van der Waals surface area contributed by atoms with Gasteiger partial charge in [-0.1, -0.05) is 19.0 Å². The number of rotatable bonds is 0. The highest BCUT2D eigenvalue weighted by Gasteiger charge is 2.40. The van der Waals surface area contributed by atoms with Crippen LogP contribution in [-0.4, -0.2) is 11.3 Å². The zero-order valence-electron chi connectivity index (χ0n) is 8.39. The summed E-state index contributed by atoms with van der Waals surface area (Å²) in [6.45, 7) is 6.05. The van der Waals surface area contributed by atoms with Crippen molar-refractivity contribution in [3.8, 4) is 0 Å². The molecule has 0 aromatic rings. The van der Waals surface area contributed by atoms with E-state index in [1.807, 2.05) is 20.8 Å². The van der Waals surface area contributed by atoms with Gasteiger partial charge in [-0.05, 0) is 32.6 Å². The molecule has 0 unspecified atom stereocenters. The summed E-state index contributed by atoms with van der Waals surface area (Å²) < 4.78 is 0. The van der Waals surface area contributed by atoms with Crippen molar-refractivity contribution in [3.63, 3.8) is 0 Å². The molecule has 1 aliphatic heterocycles. The second kappa shape index (κ2) is 3.92. The van der Waals surface area contributed by atoms with Crippen LogP contribution in [0.3, 0.4) is 0 Å². The molecule has 12 heavy (non-hydrogen) atoms. The van der Waals surface area contributed by atoms with Gasteiger partial charge in [0.1, 0.15) is 5.60 Å². The van der Waals surface area contributed by atoms with E-state index in [0.717, 1.165) is 6.42 Å². The highest BCUT2D eigenvalue weighted by Crippen LogP contribution is 2.39. The minimum Gasteiger partial charge on any atom is -0.389 e. The van der Waals surface area contributed by atoms with Crippen LogP contribution in [0.2, 0.25) is 0 Å². The van der Waals surface area contributed by atoms with Crippen molar-refractivity contribution in [3.05, 3.63) is 0 Å². The van der Waals surface area contributed by atoms with Crippen LogP contribution >= 0.6 is 0 Å². The van der Waals surface area contributed by atoms with E-state index in [9.17, 15) is 0 Å². The van der Waals surface area contributed by atoms with E-state index in [-0.39, 0.29) is 5.60 Å². The van der Waals surface area contributed by atoms with E-state index < -0.39 is 0 Å². The Bertz CT molecular complexity index is 169. The Morgan fingerprint density at radius 3 is 2.25 bits per heavy atom. The average Bonchev–Trinajstić information content (AvgIpc) is 2.68. The van der Waals surface area contributed by atoms with Gasteiger partial charge in [0.05, 0.1) is 5.71 Å². The fourth-order valence-electron chi connectivity index (χ4n) is 1.99. The van der Waals surface area contributed by atoms with E-state index in [1.54, 1.807) is 0 Å². The maximum Gasteiger partial charge on any atom is 0.143 e. The first-order valence-electron chi connectivity index (χ1n) is 5.02. The maximum atomic E-state index is 5.40. The number of hydrogen-bond donors (Lipinski definition) is 0. The molecule has 2 nitrogen and oxygen atoms in total. The molecule has 0 saturated heterocycles. The van der Waals surface area contributed by atoms with Gasteiger partial charge < -0.3 is 4.84 Å². The SMILES string of the molecule is CC.CC1=NOC2(CCCC2)C1. The molecule has 1 spiro atoms. The highest BCUT2D eigenvalue weighted by atomic mass is 16.7. The van der Waals surface area contributed by atoms with E-state index >= 15 is 0 Å². The van der Waals surface area contributed by atoms with Crippen LogP contribution in [0.5, 0.6) is 0 Å². The zero-order valence-corrected chi connectivity index (χ0v) is 8.39. The molecule has 0 aromatic heterocycles. The molecule has 1 aliphatic carbocycles. The third-order valence-corrected chi connectivity index (χ3v) is 2.49. The number of nitrogens with zero attached hydrogens (tertiary/aromatic N) is 1. The fourth-order valence-corrected chi connectivity index (χ4v) is 1.99. The van der Waals surface area contributed by atoms with Crippen molar-refractivity contribution >= 4 is 5.71 Å². The summed E-state index contributed by atoms with van der Waals surface area (Å²) in [5.41, 5.74) is 1.33. The topological polar surface area (TPSA) is 21.6 Å². The summed E-state index contributed by atoms with van der Waals surface area (Å²) in [5.74, 6) is 0. The summed E-state index contributed by atoms with van der Waals surface area (Å²) in [6.07, 6.45) is 6.15. The van der Waals surface area contributed by atoms with Crippen molar-refractivity contribution in [1.82, 2.24) is 0 Å². The van der Waals surface area contributed by atoms with Crippen LogP contribution in [0.15, 0.2) is 5.16 Å². The van der Waals surface area contributed by atoms with Crippen molar-refractivity contribution in [2.75, 3.05) is 0 Å². The van der Waals surface area contributed by atoms with Gasteiger partial charge in [0, 0.05) is 6.42 Å². The Kier molecular flexibility index (Phi) is 3.12. The van der Waals surface area contributed by atoms with Crippen LogP contribution in [0.4, 0.5) is 0 Å². The standard InChI is InChI=1S/C8H13NO.C2H6/c1-7-6-8(10-9-7)4-2-3-5-8;1-2/h2-6H2,1H3;1-2H3. The molecular weight excluding hydrogens is 150 g/mol. The first-order chi connectivity index (χ1) is 5.81. The van der Waals surface area contributed by atoms with E-state index in [4.69, 9.17) is 4.84 Å². The van der Waals surface area contributed by atoms with Gasteiger partial charge in [0.15, 0.2) is 0 Å². The number of oxime groups is 1. The van der Waals surface area contributed by atoms with Crippen LogP contribution in [-0.2, 0) is 4.84 Å². The molecule has 1 heterocycles. The average molecular weight is 169 g/mol. The Labute approximate surface area is 75.0 Å². The van der Waals surface area contributed by atoms with Gasteiger partial charge in [-0.3, -0.25) is 0 Å². The van der Waals surface area contributed by atoms with Gasteiger partial charge >= 0.3 is 0 Å². The minimum atomic E-state index is 0.157. The van der Waals surface area contributed by atoms with Crippen molar-refractivity contribution in [2.45, 2.75) is 58.5 Å². The predicted octanol–water partition coefficient (Wildman–Crippen LogP) is 3.12. The molecule has 1 saturated carbocycles. The number of hydrogen-bond acceptors (Lipinski definition) is 2. The smallest absolute Gasteiger partial charge is 0.143 e. The van der Waals surface area contributed by atoms with E-state index in [1.165, 1.54) is 31.4 Å². The van der Waals surface area contributed by atoms with Gasteiger partial charge in [0.25, 0.3) is 0 Å². The molecule has 0 amide bonds. The third kappa shape index (κ3) is 1.79. The van der Waals surface area contributed by atoms with Crippen LogP contribution in [0, 0.1) is 0 Å². The summed E-state index contributed by atoms with van der Waals surface area (Å²) in [6, 6.07) is 0. The van der Waals surface area contributed by atoms with Crippen LogP contribution in [0.25, 0.3) is 0 Å². The molecule has 0 atom stereocenters. The Hall–Kier alpha value is -0.530. The molecule has 70 valence electrons. The third-order valence-electron chi connectivity index (χ3n) is 2.49. The van der Waals surface area contributed by atoms with Crippen molar-refractivity contribution in [1.29, 1.82) is 0 Å². The zero-order chi connectivity index (χ0) is 9.03. The molecule has 2 rings (SSSR count). The van der Waals surface area contributed by atoms with Gasteiger partial charge in [-0.15, -0.1) is 0 Å². The quantitative estimate of drug-likeness (QED) is 0.546. The lowest BCUT2D eigenvalue weighted by Crippen LogP contribution is -2.23. The first kappa shape index (κ1) is 9.56. The highest BCUT2D eigenvalue weighted by molar-refractivity contribution is 5.83. The molecule has 0 bridgehead atoms. The first-order valence-corrected chi connectivity index (χ1v) is 5.02. The summed E-state index contributed by atoms with van der Waals surface area (Å²) in [7, 11) is 0. The molecule has 0 aromatic carbocycles. The lowest BCUT2D eigenvalue weighted by atomic mass is 9.96.